The number of ether oxygens (including phenoxy) is 1. The van der Waals surface area contributed by atoms with E-state index in [-0.39, 0.29) is 19.0 Å². The molecular weight excluding hydrogens is 338 g/mol. The number of aromatic nitrogens is 3. The Morgan fingerprint density at radius 3 is 2.56 bits per heavy atom. The van der Waals surface area contributed by atoms with Crippen LogP contribution in [0.5, 0.6) is 0 Å². The Morgan fingerprint density at radius 2 is 1.88 bits per heavy atom. The maximum absolute atomic E-state index is 12.0. The Hall–Kier alpha value is -2.41. The second-order valence-electron chi connectivity index (χ2n) is 5.60. The summed E-state index contributed by atoms with van der Waals surface area (Å²) in [5, 5.41) is 0.747. The molecule has 7 heteroatoms. The third kappa shape index (κ3) is 4.17. The van der Waals surface area contributed by atoms with Crippen LogP contribution >= 0.6 is 11.8 Å². The van der Waals surface area contributed by atoms with Crippen LogP contribution in [-0.4, -0.2) is 27.2 Å². The molecule has 0 saturated carbocycles. The van der Waals surface area contributed by atoms with E-state index in [0.29, 0.717) is 17.9 Å². The van der Waals surface area contributed by atoms with Crippen molar-refractivity contribution >= 4 is 28.8 Å². The molecule has 3 rings (SSSR count). The molecule has 6 nitrogen and oxygen atoms in total. The molecule has 0 spiro atoms. The van der Waals surface area contributed by atoms with E-state index in [1.165, 1.54) is 11.8 Å². The molecule has 130 valence electrons. The molecule has 0 amide bonds. The zero-order valence-corrected chi connectivity index (χ0v) is 15.2. The fourth-order valence-corrected chi connectivity index (χ4v) is 3.04. The van der Waals surface area contributed by atoms with Gasteiger partial charge in [-0.1, -0.05) is 23.9 Å². The summed E-state index contributed by atoms with van der Waals surface area (Å²) >= 11 is 1.51. The fourth-order valence-electron chi connectivity index (χ4n) is 2.58. The van der Waals surface area contributed by atoms with Gasteiger partial charge in [0.1, 0.15) is 5.52 Å². The van der Waals surface area contributed by atoms with Crippen molar-refractivity contribution in [3.63, 3.8) is 0 Å². The van der Waals surface area contributed by atoms with Crippen molar-refractivity contribution in [3.8, 4) is 0 Å². The summed E-state index contributed by atoms with van der Waals surface area (Å²) in [4.78, 5) is 25.1. The zero-order chi connectivity index (χ0) is 17.8. The summed E-state index contributed by atoms with van der Waals surface area (Å²) < 4.78 is 10.8. The van der Waals surface area contributed by atoms with Crippen molar-refractivity contribution < 1.29 is 13.9 Å². The molecule has 1 aromatic carbocycles. The van der Waals surface area contributed by atoms with Crippen LogP contribution in [0.4, 0.5) is 0 Å². The lowest BCUT2D eigenvalue weighted by atomic mass is 10.1. The third-order valence-electron chi connectivity index (χ3n) is 3.86. The van der Waals surface area contributed by atoms with Gasteiger partial charge >= 0.3 is 5.97 Å². The Kier molecular flexibility index (Phi) is 5.33. The molecule has 2 aromatic heterocycles. The first-order valence-corrected chi connectivity index (χ1v) is 9.17. The number of nitrogens with zero attached hydrogens (tertiary/aromatic N) is 3. The van der Waals surface area contributed by atoms with Gasteiger partial charge in [-0.15, -0.1) is 0 Å². The van der Waals surface area contributed by atoms with Crippen LogP contribution in [0.25, 0.3) is 11.1 Å². The lowest BCUT2D eigenvalue weighted by Gasteiger charge is -2.09. The number of thioether (sulfide) groups is 1. The van der Waals surface area contributed by atoms with Crippen molar-refractivity contribution in [1.82, 2.24) is 15.0 Å². The Morgan fingerprint density at radius 1 is 1.16 bits per heavy atom. The molecule has 0 aliphatic rings. The lowest BCUT2D eigenvalue weighted by Crippen LogP contribution is -2.09. The number of hydrogen-bond donors (Lipinski definition) is 0. The summed E-state index contributed by atoms with van der Waals surface area (Å²) in [5.41, 5.74) is 4.25. The van der Waals surface area contributed by atoms with Gasteiger partial charge in [-0.25, -0.2) is 15.0 Å². The SMILES string of the molecule is CSc1nc(C)c(CCC(=O)OCc2nc3ccccc3o2)c(C)n1. The monoisotopic (exact) mass is 357 g/mol. The summed E-state index contributed by atoms with van der Waals surface area (Å²) in [5.74, 6) is 0.101. The first kappa shape index (κ1) is 17.4. The van der Waals surface area contributed by atoms with Crippen molar-refractivity contribution in [2.75, 3.05) is 6.26 Å². The number of carbonyl (C=O) groups is 1. The average Bonchev–Trinajstić information content (AvgIpc) is 3.02. The Bertz CT molecular complexity index is 851. The van der Waals surface area contributed by atoms with Crippen LogP contribution in [0.15, 0.2) is 33.8 Å². The number of para-hydroxylation sites is 2. The maximum atomic E-state index is 12.0. The van der Waals surface area contributed by atoms with Gasteiger partial charge in [0, 0.05) is 17.8 Å². The number of esters is 1. The van der Waals surface area contributed by atoms with Gasteiger partial charge in [0.25, 0.3) is 0 Å². The minimum atomic E-state index is -0.296. The molecule has 25 heavy (non-hydrogen) atoms. The number of fused-ring (bicyclic) bond motifs is 1. The fraction of sp³-hybridized carbons (Fsp3) is 0.333. The minimum absolute atomic E-state index is 0.0351. The van der Waals surface area contributed by atoms with Gasteiger partial charge in [0.2, 0.25) is 5.89 Å². The van der Waals surface area contributed by atoms with Crippen LogP contribution in [0.3, 0.4) is 0 Å². The van der Waals surface area contributed by atoms with E-state index in [4.69, 9.17) is 9.15 Å². The summed E-state index contributed by atoms with van der Waals surface area (Å²) in [6.45, 7) is 3.91. The van der Waals surface area contributed by atoms with Crippen molar-refractivity contribution in [1.29, 1.82) is 0 Å². The summed E-state index contributed by atoms with van der Waals surface area (Å²) in [6, 6.07) is 7.44. The topological polar surface area (TPSA) is 78.1 Å². The van der Waals surface area contributed by atoms with E-state index < -0.39 is 0 Å². The summed E-state index contributed by atoms with van der Waals surface area (Å²) in [6.07, 6.45) is 2.76. The molecule has 0 aliphatic carbocycles. The highest BCUT2D eigenvalue weighted by Crippen LogP contribution is 2.18. The number of benzene rings is 1. The van der Waals surface area contributed by atoms with E-state index in [0.717, 1.165) is 27.6 Å². The van der Waals surface area contributed by atoms with Crippen LogP contribution in [-0.2, 0) is 22.6 Å². The molecule has 0 radical (unpaired) electrons. The molecule has 0 N–H and O–H groups in total. The molecule has 0 saturated heterocycles. The van der Waals surface area contributed by atoms with Crippen LogP contribution in [0.2, 0.25) is 0 Å². The lowest BCUT2D eigenvalue weighted by molar-refractivity contribution is -0.145. The van der Waals surface area contributed by atoms with Gasteiger partial charge in [-0.2, -0.15) is 0 Å². The highest BCUT2D eigenvalue weighted by Gasteiger charge is 2.13. The average molecular weight is 357 g/mol. The van der Waals surface area contributed by atoms with Crippen LogP contribution < -0.4 is 0 Å². The van der Waals surface area contributed by atoms with E-state index in [1.54, 1.807) is 0 Å². The molecule has 0 unspecified atom stereocenters. The van der Waals surface area contributed by atoms with Crippen LogP contribution in [0.1, 0.15) is 29.3 Å². The second-order valence-corrected chi connectivity index (χ2v) is 6.37. The third-order valence-corrected chi connectivity index (χ3v) is 4.40. The van der Waals surface area contributed by atoms with E-state index in [2.05, 4.69) is 15.0 Å². The second kappa shape index (κ2) is 7.65. The summed E-state index contributed by atoms with van der Waals surface area (Å²) in [7, 11) is 0. The number of carbonyl (C=O) groups excluding carboxylic acids is 1. The van der Waals surface area contributed by atoms with Gasteiger partial charge in [-0.3, -0.25) is 4.79 Å². The number of rotatable bonds is 6. The molecule has 2 heterocycles. The zero-order valence-electron chi connectivity index (χ0n) is 14.4. The van der Waals surface area contributed by atoms with Gasteiger partial charge in [-0.05, 0) is 44.2 Å². The first-order chi connectivity index (χ1) is 12.1. The quantitative estimate of drug-likeness (QED) is 0.379. The first-order valence-electron chi connectivity index (χ1n) is 7.95. The molecule has 0 atom stereocenters. The molecule has 0 bridgehead atoms. The van der Waals surface area contributed by atoms with Crippen molar-refractivity contribution in [3.05, 3.63) is 47.1 Å². The van der Waals surface area contributed by atoms with Gasteiger partial charge in [0.05, 0.1) is 0 Å². The predicted molar refractivity (Wildman–Crippen MR) is 95.4 cm³/mol. The van der Waals surface area contributed by atoms with Crippen molar-refractivity contribution in [2.24, 2.45) is 0 Å². The molecule has 0 fully saturated rings. The Labute approximate surface area is 150 Å². The van der Waals surface area contributed by atoms with E-state index >= 15 is 0 Å². The number of hydrogen-bond acceptors (Lipinski definition) is 7. The van der Waals surface area contributed by atoms with Crippen molar-refractivity contribution in [2.45, 2.75) is 38.5 Å². The van der Waals surface area contributed by atoms with E-state index in [9.17, 15) is 4.79 Å². The van der Waals surface area contributed by atoms with Gasteiger partial charge in [0.15, 0.2) is 17.3 Å². The molecule has 3 aromatic rings. The smallest absolute Gasteiger partial charge is 0.306 e. The molecular formula is C18H19N3O3S. The van der Waals surface area contributed by atoms with E-state index in [1.807, 2.05) is 44.4 Å². The largest absolute Gasteiger partial charge is 0.456 e. The highest BCUT2D eigenvalue weighted by atomic mass is 32.2. The predicted octanol–water partition coefficient (Wildman–Crippen LogP) is 3.63. The number of aryl methyl sites for hydroxylation is 2. The normalized spacial score (nSPS) is 11.0. The van der Waals surface area contributed by atoms with Crippen LogP contribution in [0, 0.1) is 13.8 Å². The number of oxazole rings is 1. The highest BCUT2D eigenvalue weighted by molar-refractivity contribution is 7.98. The maximum Gasteiger partial charge on any atom is 0.306 e. The van der Waals surface area contributed by atoms with Gasteiger partial charge < -0.3 is 9.15 Å². The standard InChI is InChI=1S/C18H19N3O3S/c1-11-13(12(2)20-18(19-11)25-3)8-9-17(22)23-10-16-21-14-6-4-5-7-15(14)24-16/h4-7H,8-10H2,1-3H3. The Balaban J connectivity index is 1.56. The molecule has 0 aliphatic heterocycles. The minimum Gasteiger partial charge on any atom is -0.456 e.